The highest BCUT2D eigenvalue weighted by Crippen LogP contribution is 2.35. The van der Waals surface area contributed by atoms with Gasteiger partial charge < -0.3 is 16.4 Å². The van der Waals surface area contributed by atoms with Crippen LogP contribution in [-0.2, 0) is 0 Å². The molecular weight excluding hydrogens is 274 g/mol. The Hall–Kier alpha value is -2.11. The summed E-state index contributed by atoms with van der Waals surface area (Å²) in [6, 6.07) is 5.54. The standard InChI is InChI=1S/C15H18F2N4/c1-9-6-10-7-11(18)8-12(13(10)20-14(9)19)21-4-2-15(16,17)3-5-21/h6-8H,2-5,18H2,1H3,(H2,19,20). The molecule has 1 fully saturated rings. The lowest BCUT2D eigenvalue weighted by Crippen LogP contribution is -2.39. The number of alkyl halides is 2. The van der Waals surface area contributed by atoms with Gasteiger partial charge in [0.1, 0.15) is 5.82 Å². The van der Waals surface area contributed by atoms with E-state index in [1.165, 1.54) is 0 Å². The van der Waals surface area contributed by atoms with E-state index in [9.17, 15) is 8.78 Å². The maximum absolute atomic E-state index is 13.3. The summed E-state index contributed by atoms with van der Waals surface area (Å²) in [6.45, 7) is 2.47. The predicted octanol–water partition coefficient (Wildman–Crippen LogP) is 2.94. The van der Waals surface area contributed by atoms with Crippen molar-refractivity contribution in [1.29, 1.82) is 0 Å². The topological polar surface area (TPSA) is 68.2 Å². The number of rotatable bonds is 1. The number of hydrogen-bond acceptors (Lipinski definition) is 4. The quantitative estimate of drug-likeness (QED) is 0.793. The molecule has 0 atom stereocenters. The van der Waals surface area contributed by atoms with E-state index in [0.29, 0.717) is 24.6 Å². The summed E-state index contributed by atoms with van der Waals surface area (Å²) in [5.41, 5.74) is 14.8. The van der Waals surface area contributed by atoms with Crippen molar-refractivity contribution in [3.8, 4) is 0 Å². The maximum atomic E-state index is 13.3. The molecule has 112 valence electrons. The molecule has 0 unspecified atom stereocenters. The first kappa shape index (κ1) is 13.9. The minimum Gasteiger partial charge on any atom is -0.399 e. The number of nitrogens with zero attached hydrogens (tertiary/aromatic N) is 2. The second-order valence-electron chi connectivity index (χ2n) is 5.65. The smallest absolute Gasteiger partial charge is 0.251 e. The average molecular weight is 292 g/mol. The third-order valence-electron chi connectivity index (χ3n) is 3.99. The van der Waals surface area contributed by atoms with Crippen LogP contribution in [0, 0.1) is 6.92 Å². The zero-order valence-electron chi connectivity index (χ0n) is 11.9. The molecule has 6 heteroatoms. The zero-order chi connectivity index (χ0) is 15.2. The van der Waals surface area contributed by atoms with E-state index in [1.54, 1.807) is 6.07 Å². The van der Waals surface area contributed by atoms with Crippen LogP contribution in [0.15, 0.2) is 18.2 Å². The Kier molecular flexibility index (Phi) is 3.11. The molecule has 4 N–H and O–H groups in total. The molecule has 1 aliphatic heterocycles. The summed E-state index contributed by atoms with van der Waals surface area (Å²) in [5.74, 6) is -2.12. The van der Waals surface area contributed by atoms with Crippen LogP contribution in [0.1, 0.15) is 18.4 Å². The second kappa shape index (κ2) is 4.72. The Bertz CT molecular complexity index is 690. The summed E-state index contributed by atoms with van der Waals surface area (Å²) in [7, 11) is 0. The highest BCUT2D eigenvalue weighted by molar-refractivity contribution is 5.95. The lowest BCUT2D eigenvalue weighted by Gasteiger charge is -2.34. The SMILES string of the molecule is Cc1cc2cc(N)cc(N3CCC(F)(F)CC3)c2nc1N. The number of halogens is 2. The second-order valence-corrected chi connectivity index (χ2v) is 5.65. The molecule has 0 saturated carbocycles. The normalized spacial score (nSPS) is 18.1. The van der Waals surface area contributed by atoms with Crippen molar-refractivity contribution in [2.45, 2.75) is 25.7 Å². The third-order valence-corrected chi connectivity index (χ3v) is 3.99. The van der Waals surface area contributed by atoms with E-state index in [2.05, 4.69) is 4.98 Å². The fourth-order valence-corrected chi connectivity index (χ4v) is 2.73. The highest BCUT2D eigenvalue weighted by atomic mass is 19.3. The minimum atomic E-state index is -2.57. The van der Waals surface area contributed by atoms with Crippen LogP contribution in [0.2, 0.25) is 0 Å². The molecule has 4 nitrogen and oxygen atoms in total. The number of piperidine rings is 1. The van der Waals surface area contributed by atoms with Crippen LogP contribution >= 0.6 is 0 Å². The maximum Gasteiger partial charge on any atom is 0.251 e. The number of aromatic nitrogens is 1. The van der Waals surface area contributed by atoms with Crippen LogP contribution in [0.3, 0.4) is 0 Å². The average Bonchev–Trinajstić information content (AvgIpc) is 2.40. The van der Waals surface area contributed by atoms with E-state index in [0.717, 1.165) is 22.2 Å². The first-order valence-corrected chi connectivity index (χ1v) is 6.95. The van der Waals surface area contributed by atoms with Gasteiger partial charge in [0.05, 0.1) is 11.2 Å². The molecule has 2 heterocycles. The van der Waals surface area contributed by atoms with Crippen molar-refractivity contribution in [3.63, 3.8) is 0 Å². The Morgan fingerprint density at radius 3 is 2.48 bits per heavy atom. The van der Waals surface area contributed by atoms with Crippen molar-refractivity contribution in [3.05, 3.63) is 23.8 Å². The summed E-state index contributed by atoms with van der Waals surface area (Å²) in [6.07, 6.45) is -0.296. The fraction of sp³-hybridized carbons (Fsp3) is 0.400. The fourth-order valence-electron chi connectivity index (χ4n) is 2.73. The van der Waals surface area contributed by atoms with Crippen LogP contribution in [0.5, 0.6) is 0 Å². The molecule has 2 aromatic rings. The molecule has 1 aromatic carbocycles. The lowest BCUT2D eigenvalue weighted by atomic mass is 10.0. The molecule has 3 rings (SSSR count). The molecule has 1 saturated heterocycles. The number of anilines is 3. The van der Waals surface area contributed by atoms with Gasteiger partial charge in [-0.3, -0.25) is 0 Å². The number of nitrogens with two attached hydrogens (primary N) is 2. The summed E-state index contributed by atoms with van der Waals surface area (Å²) in [4.78, 5) is 6.34. The van der Waals surface area contributed by atoms with Crippen molar-refractivity contribution >= 4 is 28.1 Å². The number of pyridine rings is 1. The Balaban J connectivity index is 2.07. The van der Waals surface area contributed by atoms with E-state index < -0.39 is 5.92 Å². The van der Waals surface area contributed by atoms with Crippen LogP contribution < -0.4 is 16.4 Å². The highest BCUT2D eigenvalue weighted by Gasteiger charge is 2.34. The van der Waals surface area contributed by atoms with Gasteiger partial charge in [-0.15, -0.1) is 0 Å². The van der Waals surface area contributed by atoms with Crippen LogP contribution in [0.25, 0.3) is 10.9 Å². The van der Waals surface area contributed by atoms with Crippen molar-refractivity contribution < 1.29 is 8.78 Å². The van der Waals surface area contributed by atoms with Gasteiger partial charge in [0.2, 0.25) is 0 Å². The van der Waals surface area contributed by atoms with Crippen LogP contribution in [-0.4, -0.2) is 24.0 Å². The minimum absolute atomic E-state index is 0.148. The van der Waals surface area contributed by atoms with E-state index >= 15 is 0 Å². The van der Waals surface area contributed by atoms with Gasteiger partial charge in [-0.05, 0) is 30.7 Å². The van der Waals surface area contributed by atoms with Crippen molar-refractivity contribution in [2.24, 2.45) is 0 Å². The Labute approximate surface area is 121 Å². The van der Waals surface area contributed by atoms with Crippen molar-refractivity contribution in [2.75, 3.05) is 29.5 Å². The summed E-state index contributed by atoms with van der Waals surface area (Å²) < 4.78 is 26.6. The van der Waals surface area contributed by atoms with E-state index in [4.69, 9.17) is 11.5 Å². The van der Waals surface area contributed by atoms with Gasteiger partial charge in [-0.25, -0.2) is 13.8 Å². The zero-order valence-corrected chi connectivity index (χ0v) is 11.9. The lowest BCUT2D eigenvalue weighted by molar-refractivity contribution is -0.0220. The number of nitrogen functional groups attached to an aromatic ring is 2. The molecule has 0 aliphatic carbocycles. The van der Waals surface area contributed by atoms with Crippen LogP contribution in [0.4, 0.5) is 26.0 Å². The molecule has 0 bridgehead atoms. The first-order chi connectivity index (χ1) is 9.85. The van der Waals surface area contributed by atoms with Gasteiger partial charge in [0.15, 0.2) is 0 Å². The third kappa shape index (κ3) is 2.57. The van der Waals surface area contributed by atoms with E-state index in [1.807, 2.05) is 24.0 Å². The number of benzene rings is 1. The molecule has 21 heavy (non-hydrogen) atoms. The summed E-state index contributed by atoms with van der Waals surface area (Å²) >= 11 is 0. The predicted molar refractivity (Wildman–Crippen MR) is 81.7 cm³/mol. The molecule has 0 radical (unpaired) electrons. The molecule has 0 amide bonds. The first-order valence-electron chi connectivity index (χ1n) is 6.95. The Morgan fingerprint density at radius 1 is 1.14 bits per heavy atom. The van der Waals surface area contributed by atoms with Gasteiger partial charge in [0.25, 0.3) is 5.92 Å². The number of hydrogen-bond donors (Lipinski definition) is 2. The monoisotopic (exact) mass is 292 g/mol. The molecule has 1 aromatic heterocycles. The molecule has 0 spiro atoms. The van der Waals surface area contributed by atoms with Gasteiger partial charge in [0, 0.05) is 37.0 Å². The summed E-state index contributed by atoms with van der Waals surface area (Å²) in [5, 5.41) is 0.883. The molecule has 1 aliphatic rings. The molecular formula is C15H18F2N4. The van der Waals surface area contributed by atoms with Gasteiger partial charge in [-0.2, -0.15) is 0 Å². The Morgan fingerprint density at radius 2 is 1.81 bits per heavy atom. The van der Waals surface area contributed by atoms with Crippen molar-refractivity contribution in [1.82, 2.24) is 4.98 Å². The van der Waals surface area contributed by atoms with E-state index in [-0.39, 0.29) is 12.8 Å². The number of aryl methyl sites for hydroxylation is 1. The number of fused-ring (bicyclic) bond motifs is 1. The van der Waals surface area contributed by atoms with Gasteiger partial charge in [-0.1, -0.05) is 0 Å². The van der Waals surface area contributed by atoms with Gasteiger partial charge >= 0.3 is 0 Å². The largest absolute Gasteiger partial charge is 0.399 e.